The maximum Gasteiger partial charge on any atom is 0.307 e. The maximum atomic E-state index is 13.1. The SMILES string of the molecule is O=C(CC12CC(=O)OC1CC(c1ccc(Cl)cc1)CC2=O)OCc1ccccc1. The second-order valence-corrected chi connectivity index (χ2v) is 8.18. The molecule has 2 aromatic carbocycles. The maximum absolute atomic E-state index is 13.1. The van der Waals surface area contributed by atoms with Gasteiger partial charge in [-0.05, 0) is 35.6 Å². The van der Waals surface area contributed by atoms with Gasteiger partial charge in [-0.1, -0.05) is 54.1 Å². The van der Waals surface area contributed by atoms with Crippen molar-refractivity contribution in [2.24, 2.45) is 5.41 Å². The van der Waals surface area contributed by atoms with Crippen LogP contribution in [0.1, 0.15) is 42.7 Å². The highest BCUT2D eigenvalue weighted by atomic mass is 35.5. The van der Waals surface area contributed by atoms with Gasteiger partial charge in [0.05, 0.1) is 18.3 Å². The molecule has 5 nitrogen and oxygen atoms in total. The van der Waals surface area contributed by atoms with Gasteiger partial charge in [-0.15, -0.1) is 0 Å². The van der Waals surface area contributed by atoms with E-state index in [4.69, 9.17) is 21.1 Å². The Kier molecular flexibility index (Phi) is 5.41. The number of rotatable bonds is 5. The van der Waals surface area contributed by atoms with Crippen molar-refractivity contribution < 1.29 is 23.9 Å². The lowest BCUT2D eigenvalue weighted by atomic mass is 9.64. The van der Waals surface area contributed by atoms with Crippen LogP contribution in [0.25, 0.3) is 0 Å². The van der Waals surface area contributed by atoms with E-state index in [9.17, 15) is 14.4 Å². The van der Waals surface area contributed by atoms with Crippen molar-refractivity contribution in [1.29, 1.82) is 0 Å². The molecule has 0 bridgehead atoms. The second kappa shape index (κ2) is 7.99. The van der Waals surface area contributed by atoms with Crippen LogP contribution in [-0.2, 0) is 30.5 Å². The van der Waals surface area contributed by atoms with Gasteiger partial charge in [0.1, 0.15) is 18.5 Å². The van der Waals surface area contributed by atoms with Crippen LogP contribution < -0.4 is 0 Å². The Morgan fingerprint density at radius 2 is 1.83 bits per heavy atom. The highest BCUT2D eigenvalue weighted by Gasteiger charge is 2.58. The zero-order valence-corrected chi connectivity index (χ0v) is 16.6. The van der Waals surface area contributed by atoms with Crippen molar-refractivity contribution in [3.63, 3.8) is 0 Å². The lowest BCUT2D eigenvalue weighted by molar-refractivity contribution is -0.156. The average Bonchev–Trinajstić information content (AvgIpc) is 3.04. The van der Waals surface area contributed by atoms with Crippen LogP contribution in [0.5, 0.6) is 0 Å². The monoisotopic (exact) mass is 412 g/mol. The fraction of sp³-hybridized carbons (Fsp3) is 0.348. The Bertz CT molecular complexity index is 924. The number of esters is 2. The summed E-state index contributed by atoms with van der Waals surface area (Å²) >= 11 is 5.95. The lowest BCUT2D eigenvalue weighted by Crippen LogP contribution is -2.46. The molecule has 1 saturated heterocycles. The van der Waals surface area contributed by atoms with Gasteiger partial charge in [-0.3, -0.25) is 14.4 Å². The van der Waals surface area contributed by atoms with E-state index in [-0.39, 0.29) is 37.6 Å². The van der Waals surface area contributed by atoms with E-state index < -0.39 is 23.5 Å². The summed E-state index contributed by atoms with van der Waals surface area (Å²) in [4.78, 5) is 37.7. The van der Waals surface area contributed by atoms with E-state index in [1.54, 1.807) is 12.1 Å². The van der Waals surface area contributed by atoms with Gasteiger partial charge in [0, 0.05) is 11.4 Å². The molecule has 6 heteroatoms. The molecule has 0 aromatic heterocycles. The highest BCUT2D eigenvalue weighted by Crippen LogP contribution is 2.50. The molecule has 0 amide bonds. The summed E-state index contributed by atoms with van der Waals surface area (Å²) in [6.45, 7) is 0.136. The minimum Gasteiger partial charge on any atom is -0.461 e. The number of fused-ring (bicyclic) bond motifs is 1. The van der Waals surface area contributed by atoms with Crippen molar-refractivity contribution in [1.82, 2.24) is 0 Å². The quantitative estimate of drug-likeness (QED) is 0.687. The number of ether oxygens (including phenoxy) is 2. The zero-order valence-electron chi connectivity index (χ0n) is 15.8. The van der Waals surface area contributed by atoms with Gasteiger partial charge in [0.25, 0.3) is 0 Å². The Morgan fingerprint density at radius 3 is 2.55 bits per heavy atom. The van der Waals surface area contributed by atoms with E-state index in [2.05, 4.69) is 0 Å². The van der Waals surface area contributed by atoms with Crippen molar-refractivity contribution >= 4 is 29.3 Å². The Labute approximate surface area is 174 Å². The first-order chi connectivity index (χ1) is 14.0. The third-order valence-electron chi connectivity index (χ3n) is 5.88. The first-order valence-electron chi connectivity index (χ1n) is 9.64. The summed E-state index contributed by atoms with van der Waals surface area (Å²) < 4.78 is 10.9. The highest BCUT2D eigenvalue weighted by molar-refractivity contribution is 6.30. The van der Waals surface area contributed by atoms with Gasteiger partial charge in [0.2, 0.25) is 0 Å². The first kappa shape index (κ1) is 19.6. The number of carbonyl (C=O) groups excluding carboxylic acids is 3. The fourth-order valence-electron chi connectivity index (χ4n) is 4.32. The van der Waals surface area contributed by atoms with Crippen LogP contribution in [0.3, 0.4) is 0 Å². The summed E-state index contributed by atoms with van der Waals surface area (Å²) in [6.07, 6.45) is -0.0420. The summed E-state index contributed by atoms with van der Waals surface area (Å²) in [5.74, 6) is -1.10. The van der Waals surface area contributed by atoms with E-state index in [0.717, 1.165) is 11.1 Å². The molecule has 29 heavy (non-hydrogen) atoms. The summed E-state index contributed by atoms with van der Waals surface area (Å²) in [5, 5.41) is 0.624. The van der Waals surface area contributed by atoms with E-state index in [0.29, 0.717) is 11.4 Å². The summed E-state index contributed by atoms with van der Waals surface area (Å²) in [5.41, 5.74) is 0.728. The second-order valence-electron chi connectivity index (χ2n) is 7.75. The van der Waals surface area contributed by atoms with Crippen molar-refractivity contribution in [2.45, 2.75) is 44.3 Å². The van der Waals surface area contributed by atoms with Gasteiger partial charge in [0.15, 0.2) is 0 Å². The molecule has 4 rings (SSSR count). The van der Waals surface area contributed by atoms with Crippen LogP contribution in [0.4, 0.5) is 0 Å². The van der Waals surface area contributed by atoms with Crippen LogP contribution in [0, 0.1) is 5.41 Å². The topological polar surface area (TPSA) is 69.7 Å². The van der Waals surface area contributed by atoms with Gasteiger partial charge in [-0.25, -0.2) is 0 Å². The predicted octanol–water partition coefficient (Wildman–Crippen LogP) is 4.22. The molecular weight excluding hydrogens is 392 g/mol. The molecule has 0 radical (unpaired) electrons. The van der Waals surface area contributed by atoms with Crippen LogP contribution >= 0.6 is 11.6 Å². The minimum atomic E-state index is -1.12. The lowest BCUT2D eigenvalue weighted by Gasteiger charge is -2.38. The molecule has 2 fully saturated rings. The number of halogens is 1. The Morgan fingerprint density at radius 1 is 1.10 bits per heavy atom. The van der Waals surface area contributed by atoms with E-state index in [1.807, 2.05) is 42.5 Å². The zero-order chi connectivity index (χ0) is 20.4. The number of benzene rings is 2. The van der Waals surface area contributed by atoms with Crippen molar-refractivity contribution in [2.75, 3.05) is 0 Å². The molecule has 1 aliphatic heterocycles. The van der Waals surface area contributed by atoms with Crippen molar-refractivity contribution in [3.05, 3.63) is 70.7 Å². The van der Waals surface area contributed by atoms with E-state index >= 15 is 0 Å². The first-order valence-corrected chi connectivity index (χ1v) is 10.0. The molecule has 0 N–H and O–H groups in total. The number of carbonyl (C=O) groups is 3. The molecule has 3 atom stereocenters. The van der Waals surface area contributed by atoms with E-state index in [1.165, 1.54) is 0 Å². The number of Topliss-reactive ketones (excluding diaryl/α,β-unsaturated/α-hetero) is 1. The fourth-order valence-corrected chi connectivity index (χ4v) is 4.44. The van der Waals surface area contributed by atoms with Crippen LogP contribution in [0.15, 0.2) is 54.6 Å². The molecule has 150 valence electrons. The van der Waals surface area contributed by atoms with Gasteiger partial charge < -0.3 is 9.47 Å². The Hall–Kier alpha value is -2.66. The van der Waals surface area contributed by atoms with Crippen LogP contribution in [-0.4, -0.2) is 23.8 Å². The van der Waals surface area contributed by atoms with Crippen molar-refractivity contribution in [3.8, 4) is 0 Å². The largest absolute Gasteiger partial charge is 0.461 e. The number of ketones is 1. The smallest absolute Gasteiger partial charge is 0.307 e. The molecule has 1 saturated carbocycles. The standard InChI is InChI=1S/C23H21ClO5/c24-18-8-6-16(7-9-18)17-10-19(25)23(13-22(27)29-20(23)11-17)12-21(26)28-14-15-4-2-1-3-5-15/h1-9,17,20H,10-14H2. The van der Waals surface area contributed by atoms with Gasteiger partial charge >= 0.3 is 11.9 Å². The minimum absolute atomic E-state index is 0.0652. The number of hydrogen-bond acceptors (Lipinski definition) is 5. The molecule has 3 unspecified atom stereocenters. The molecule has 1 aliphatic carbocycles. The molecule has 2 aliphatic rings. The third kappa shape index (κ3) is 4.06. The van der Waals surface area contributed by atoms with Crippen LogP contribution in [0.2, 0.25) is 5.02 Å². The Balaban J connectivity index is 1.47. The number of hydrogen-bond donors (Lipinski definition) is 0. The molecular formula is C23H21ClO5. The van der Waals surface area contributed by atoms with Gasteiger partial charge in [-0.2, -0.15) is 0 Å². The normalized spacial score (nSPS) is 26.0. The summed E-state index contributed by atoms with van der Waals surface area (Å²) in [6, 6.07) is 16.7. The molecule has 0 spiro atoms. The molecule has 1 heterocycles. The molecule has 2 aromatic rings. The average molecular weight is 413 g/mol. The third-order valence-corrected chi connectivity index (χ3v) is 6.13. The predicted molar refractivity (Wildman–Crippen MR) is 106 cm³/mol. The summed E-state index contributed by atoms with van der Waals surface area (Å²) in [7, 11) is 0.